The number of aromatic amines is 1. The molecule has 1 N–H and O–H groups in total. The van der Waals surface area contributed by atoms with E-state index >= 15 is 0 Å². The van der Waals surface area contributed by atoms with Crippen LogP contribution in [0.25, 0.3) is 28.0 Å². The van der Waals surface area contributed by atoms with Gasteiger partial charge in [0.15, 0.2) is 5.65 Å². The van der Waals surface area contributed by atoms with E-state index in [0.29, 0.717) is 16.9 Å². The second-order valence-electron chi connectivity index (χ2n) is 5.74. The van der Waals surface area contributed by atoms with E-state index in [-0.39, 0.29) is 5.56 Å². The van der Waals surface area contributed by atoms with Crippen molar-refractivity contribution in [3.8, 4) is 22.4 Å². The van der Waals surface area contributed by atoms with E-state index in [0.717, 1.165) is 21.3 Å². The van der Waals surface area contributed by atoms with Gasteiger partial charge in [-0.1, -0.05) is 40.2 Å². The molecule has 0 unspecified atom stereocenters. The van der Waals surface area contributed by atoms with E-state index in [1.54, 1.807) is 18.2 Å². The molecule has 0 aliphatic carbocycles. The van der Waals surface area contributed by atoms with E-state index in [1.165, 1.54) is 16.6 Å². The molecule has 0 aliphatic heterocycles. The minimum Gasteiger partial charge on any atom is -0.293 e. The first-order valence-electron chi connectivity index (χ1n) is 7.68. The second-order valence-corrected chi connectivity index (χ2v) is 6.66. The van der Waals surface area contributed by atoms with Crippen LogP contribution in [-0.4, -0.2) is 14.6 Å². The van der Waals surface area contributed by atoms with Crippen molar-refractivity contribution >= 4 is 21.6 Å². The molecule has 2 aromatic carbocycles. The van der Waals surface area contributed by atoms with E-state index < -0.39 is 5.82 Å². The number of benzene rings is 2. The number of nitrogens with zero attached hydrogens (tertiary/aromatic N) is 2. The highest BCUT2D eigenvalue weighted by atomic mass is 79.9. The van der Waals surface area contributed by atoms with Crippen LogP contribution in [0.5, 0.6) is 0 Å². The number of rotatable bonds is 2. The molecule has 6 heteroatoms. The Morgan fingerprint density at radius 3 is 2.68 bits per heavy atom. The van der Waals surface area contributed by atoms with Crippen LogP contribution >= 0.6 is 15.9 Å². The maximum atomic E-state index is 14.1. The van der Waals surface area contributed by atoms with Gasteiger partial charge in [-0.25, -0.2) is 13.9 Å². The van der Waals surface area contributed by atoms with Crippen LogP contribution < -0.4 is 5.56 Å². The lowest BCUT2D eigenvalue weighted by atomic mass is 10.1. The van der Waals surface area contributed by atoms with Gasteiger partial charge in [0.1, 0.15) is 5.82 Å². The van der Waals surface area contributed by atoms with Gasteiger partial charge in [-0.05, 0) is 36.8 Å². The Bertz CT molecular complexity index is 1160. The Kier molecular flexibility index (Phi) is 3.77. The van der Waals surface area contributed by atoms with Crippen molar-refractivity contribution in [3.05, 3.63) is 80.9 Å². The summed E-state index contributed by atoms with van der Waals surface area (Å²) < 4.78 is 16.4. The first kappa shape index (κ1) is 15.8. The van der Waals surface area contributed by atoms with Gasteiger partial charge in [0, 0.05) is 27.4 Å². The van der Waals surface area contributed by atoms with E-state index in [1.807, 2.05) is 31.2 Å². The number of H-pyrrole nitrogens is 1. The smallest absolute Gasteiger partial charge is 0.273 e. The van der Waals surface area contributed by atoms with Crippen LogP contribution in [0.2, 0.25) is 0 Å². The molecular weight excluding hydrogens is 385 g/mol. The van der Waals surface area contributed by atoms with E-state index in [4.69, 9.17) is 0 Å². The highest BCUT2D eigenvalue weighted by Crippen LogP contribution is 2.30. The molecule has 25 heavy (non-hydrogen) atoms. The molecule has 0 amide bonds. The number of aryl methyl sites for hydroxylation is 1. The van der Waals surface area contributed by atoms with E-state index in [9.17, 15) is 9.18 Å². The van der Waals surface area contributed by atoms with Crippen LogP contribution in [0.1, 0.15) is 5.69 Å². The molecule has 0 radical (unpaired) electrons. The summed E-state index contributed by atoms with van der Waals surface area (Å²) in [5, 5.41) is 3.04. The average Bonchev–Trinajstić information content (AvgIpc) is 2.92. The zero-order chi connectivity index (χ0) is 17.6. The zero-order valence-corrected chi connectivity index (χ0v) is 14.8. The van der Waals surface area contributed by atoms with Crippen LogP contribution in [0, 0.1) is 12.7 Å². The number of aromatic nitrogens is 3. The Balaban J connectivity index is 2.04. The first-order chi connectivity index (χ1) is 12.0. The van der Waals surface area contributed by atoms with Gasteiger partial charge in [-0.2, -0.15) is 0 Å². The number of halogens is 2. The van der Waals surface area contributed by atoms with Crippen molar-refractivity contribution in [1.29, 1.82) is 0 Å². The lowest BCUT2D eigenvalue weighted by molar-refractivity contribution is 0.630. The Labute approximate surface area is 151 Å². The molecule has 0 aliphatic rings. The van der Waals surface area contributed by atoms with Crippen molar-refractivity contribution in [1.82, 2.24) is 14.6 Å². The first-order valence-corrected chi connectivity index (χ1v) is 8.47. The molecule has 124 valence electrons. The number of fused-ring (bicyclic) bond motifs is 1. The van der Waals surface area contributed by atoms with Gasteiger partial charge in [0.05, 0.1) is 5.69 Å². The van der Waals surface area contributed by atoms with Gasteiger partial charge in [0.2, 0.25) is 0 Å². The predicted molar refractivity (Wildman–Crippen MR) is 99.1 cm³/mol. The molecule has 2 heterocycles. The summed E-state index contributed by atoms with van der Waals surface area (Å²) in [5.74, 6) is -0.407. The maximum Gasteiger partial charge on any atom is 0.273 e. The number of nitrogens with one attached hydrogen (secondary N) is 1. The van der Waals surface area contributed by atoms with Crippen LogP contribution in [0.4, 0.5) is 4.39 Å². The molecule has 0 spiro atoms. The minimum atomic E-state index is -0.407. The van der Waals surface area contributed by atoms with Gasteiger partial charge in [0.25, 0.3) is 5.56 Å². The monoisotopic (exact) mass is 397 g/mol. The molecule has 0 bridgehead atoms. The third-order valence-electron chi connectivity index (χ3n) is 4.06. The van der Waals surface area contributed by atoms with Crippen LogP contribution in [0.3, 0.4) is 0 Å². The zero-order valence-electron chi connectivity index (χ0n) is 13.3. The molecule has 0 saturated heterocycles. The molecule has 0 atom stereocenters. The van der Waals surface area contributed by atoms with E-state index in [2.05, 4.69) is 26.0 Å². The molecular formula is C19H13BrFN3O. The van der Waals surface area contributed by atoms with Crippen LogP contribution in [-0.2, 0) is 0 Å². The molecule has 4 nitrogen and oxygen atoms in total. The highest BCUT2D eigenvalue weighted by Gasteiger charge is 2.16. The van der Waals surface area contributed by atoms with Crippen molar-refractivity contribution in [2.45, 2.75) is 6.92 Å². The summed E-state index contributed by atoms with van der Waals surface area (Å²) in [6.45, 7) is 1.88. The summed E-state index contributed by atoms with van der Waals surface area (Å²) in [6, 6.07) is 15.4. The van der Waals surface area contributed by atoms with Crippen molar-refractivity contribution in [2.24, 2.45) is 0 Å². The molecule has 4 rings (SSSR count). The predicted octanol–water partition coefficient (Wildman–Crippen LogP) is 4.57. The summed E-state index contributed by atoms with van der Waals surface area (Å²) in [6.07, 6.45) is 0. The fourth-order valence-corrected chi connectivity index (χ4v) is 3.35. The van der Waals surface area contributed by atoms with Gasteiger partial charge in [-0.15, -0.1) is 0 Å². The molecule has 4 aromatic rings. The van der Waals surface area contributed by atoms with Gasteiger partial charge in [-0.3, -0.25) is 9.89 Å². The number of hydrogen-bond donors (Lipinski definition) is 1. The molecule has 2 aromatic heterocycles. The third kappa shape index (κ3) is 2.68. The second kappa shape index (κ2) is 5.97. The Morgan fingerprint density at radius 2 is 1.92 bits per heavy atom. The maximum absolute atomic E-state index is 14.1. The highest BCUT2D eigenvalue weighted by molar-refractivity contribution is 9.10. The van der Waals surface area contributed by atoms with Crippen molar-refractivity contribution in [3.63, 3.8) is 0 Å². The molecule has 0 fully saturated rings. The Hall–Kier alpha value is -2.73. The topological polar surface area (TPSA) is 50.2 Å². The lowest BCUT2D eigenvalue weighted by Gasteiger charge is -2.05. The minimum absolute atomic E-state index is 0.285. The van der Waals surface area contributed by atoms with Crippen molar-refractivity contribution < 1.29 is 4.39 Å². The van der Waals surface area contributed by atoms with Gasteiger partial charge >= 0.3 is 0 Å². The normalized spacial score (nSPS) is 11.2. The summed E-state index contributed by atoms with van der Waals surface area (Å²) in [4.78, 5) is 17.1. The average molecular weight is 398 g/mol. The standard InChI is InChI=1S/C19H13BrFN3O/c1-11-18(12-5-4-6-13(20)9-12)19-22-16(10-17(25)24(19)23-11)14-7-2-3-8-15(14)21/h2-10,23H,1H3. The summed E-state index contributed by atoms with van der Waals surface area (Å²) in [7, 11) is 0. The molecule has 0 saturated carbocycles. The lowest BCUT2D eigenvalue weighted by Crippen LogP contribution is -2.14. The fraction of sp³-hybridized carbons (Fsp3) is 0.0526. The third-order valence-corrected chi connectivity index (χ3v) is 4.55. The number of hydrogen-bond acceptors (Lipinski definition) is 2. The SMILES string of the molecule is Cc1[nH]n2c(=O)cc(-c3ccccc3F)nc2c1-c1cccc(Br)c1. The summed E-state index contributed by atoms with van der Waals surface area (Å²) in [5.41, 5.74) is 3.36. The largest absolute Gasteiger partial charge is 0.293 e. The fourth-order valence-electron chi connectivity index (χ4n) is 2.95. The van der Waals surface area contributed by atoms with Gasteiger partial charge < -0.3 is 0 Å². The summed E-state index contributed by atoms with van der Waals surface area (Å²) >= 11 is 3.46. The Morgan fingerprint density at radius 1 is 1.12 bits per heavy atom. The van der Waals surface area contributed by atoms with Crippen LogP contribution in [0.15, 0.2) is 63.9 Å². The quantitative estimate of drug-likeness (QED) is 0.538. The van der Waals surface area contributed by atoms with Crippen molar-refractivity contribution in [2.75, 3.05) is 0 Å².